The first-order valence-corrected chi connectivity index (χ1v) is 5.81. The van der Waals surface area contributed by atoms with Crippen LogP contribution in [-0.4, -0.2) is 23.9 Å². The number of carboxylic acids is 1. The average molecular weight is 327 g/mol. The lowest BCUT2D eigenvalue weighted by molar-refractivity contribution is -0.136. The molecule has 1 N–H and O–H groups in total. The van der Waals surface area contributed by atoms with E-state index in [4.69, 9.17) is 9.84 Å². The molecule has 18 heavy (non-hydrogen) atoms. The molecule has 0 aromatic heterocycles. The highest BCUT2D eigenvalue weighted by Gasteiger charge is 2.26. The molecule has 0 fully saturated rings. The second-order valence-electron chi connectivity index (χ2n) is 3.51. The number of rotatable bonds is 5. The van der Waals surface area contributed by atoms with Crippen molar-refractivity contribution in [3.05, 3.63) is 28.2 Å². The van der Waals surface area contributed by atoms with E-state index in [-0.39, 0.29) is 24.3 Å². The third-order valence-corrected chi connectivity index (χ3v) is 2.53. The van der Waals surface area contributed by atoms with Crippen molar-refractivity contribution in [3.8, 4) is 5.75 Å². The molecule has 0 aliphatic rings. The van der Waals surface area contributed by atoms with Gasteiger partial charge in [0.2, 0.25) is 0 Å². The molecule has 0 heterocycles. The Hall–Kier alpha value is -1.24. The van der Waals surface area contributed by atoms with E-state index < -0.39 is 18.6 Å². The molecular weight excluding hydrogens is 317 g/mol. The number of benzene rings is 1. The highest BCUT2D eigenvalue weighted by molar-refractivity contribution is 9.10. The van der Waals surface area contributed by atoms with Gasteiger partial charge < -0.3 is 9.84 Å². The van der Waals surface area contributed by atoms with Crippen LogP contribution in [0.3, 0.4) is 0 Å². The predicted octanol–water partition coefficient (Wildman–Crippen LogP) is 3.87. The zero-order valence-electron chi connectivity index (χ0n) is 9.13. The monoisotopic (exact) mass is 326 g/mol. The fourth-order valence-electron chi connectivity index (χ4n) is 1.25. The molecule has 7 heteroatoms. The third-order valence-electron chi connectivity index (χ3n) is 2.03. The van der Waals surface area contributed by atoms with Crippen molar-refractivity contribution >= 4 is 21.9 Å². The number of ether oxygens (including phenoxy) is 1. The minimum Gasteiger partial charge on any atom is -0.493 e. The van der Waals surface area contributed by atoms with Gasteiger partial charge in [0.25, 0.3) is 0 Å². The molecule has 0 radical (unpaired) electrons. The van der Waals surface area contributed by atoms with Gasteiger partial charge in [-0.15, -0.1) is 0 Å². The van der Waals surface area contributed by atoms with E-state index >= 15 is 0 Å². The summed E-state index contributed by atoms with van der Waals surface area (Å²) in [5, 5.41) is 8.90. The molecule has 0 saturated carbocycles. The van der Waals surface area contributed by atoms with Crippen LogP contribution in [0.25, 0.3) is 0 Å². The van der Waals surface area contributed by atoms with E-state index in [0.29, 0.717) is 4.47 Å². The second kappa shape index (κ2) is 6.08. The van der Waals surface area contributed by atoms with Crippen LogP contribution in [0, 0.1) is 0 Å². The highest BCUT2D eigenvalue weighted by Crippen LogP contribution is 2.25. The lowest BCUT2D eigenvalue weighted by atomic mass is 10.2. The summed E-state index contributed by atoms with van der Waals surface area (Å²) < 4.78 is 41.3. The van der Waals surface area contributed by atoms with Gasteiger partial charge in [0.05, 0.1) is 6.61 Å². The molecule has 0 aliphatic heterocycles. The number of hydrogen-bond acceptors (Lipinski definition) is 2. The number of aromatic carboxylic acids is 1. The zero-order valence-corrected chi connectivity index (χ0v) is 10.7. The molecule has 0 spiro atoms. The van der Waals surface area contributed by atoms with Crippen molar-refractivity contribution in [2.45, 2.75) is 19.0 Å². The summed E-state index contributed by atoms with van der Waals surface area (Å²) in [7, 11) is 0. The smallest absolute Gasteiger partial charge is 0.389 e. The average Bonchev–Trinajstić information content (AvgIpc) is 2.24. The number of carbonyl (C=O) groups is 1. The summed E-state index contributed by atoms with van der Waals surface area (Å²) in [6.45, 7) is -0.179. The first-order valence-electron chi connectivity index (χ1n) is 5.02. The van der Waals surface area contributed by atoms with Crippen molar-refractivity contribution in [2.24, 2.45) is 0 Å². The second-order valence-corrected chi connectivity index (χ2v) is 4.43. The van der Waals surface area contributed by atoms with Gasteiger partial charge in [-0.2, -0.15) is 13.2 Å². The molecule has 100 valence electrons. The maximum atomic E-state index is 11.9. The lowest BCUT2D eigenvalue weighted by Crippen LogP contribution is -2.10. The molecule has 0 unspecified atom stereocenters. The van der Waals surface area contributed by atoms with Gasteiger partial charge in [-0.1, -0.05) is 15.9 Å². The molecule has 0 aliphatic carbocycles. The summed E-state index contributed by atoms with van der Waals surface area (Å²) >= 11 is 3.10. The Morgan fingerprint density at radius 3 is 2.61 bits per heavy atom. The van der Waals surface area contributed by atoms with E-state index in [1.165, 1.54) is 12.1 Å². The van der Waals surface area contributed by atoms with Gasteiger partial charge in [0.1, 0.15) is 11.3 Å². The van der Waals surface area contributed by atoms with Gasteiger partial charge >= 0.3 is 12.1 Å². The van der Waals surface area contributed by atoms with Crippen molar-refractivity contribution in [2.75, 3.05) is 6.61 Å². The molecule has 0 bridgehead atoms. The molecule has 0 saturated heterocycles. The van der Waals surface area contributed by atoms with Crippen molar-refractivity contribution in [3.63, 3.8) is 0 Å². The zero-order chi connectivity index (χ0) is 13.8. The van der Waals surface area contributed by atoms with Gasteiger partial charge in [0, 0.05) is 10.9 Å². The van der Waals surface area contributed by atoms with Crippen LogP contribution in [0.1, 0.15) is 23.2 Å². The van der Waals surface area contributed by atoms with Gasteiger partial charge in [-0.3, -0.25) is 0 Å². The quantitative estimate of drug-likeness (QED) is 0.835. The third kappa shape index (κ3) is 4.95. The molecule has 1 aromatic carbocycles. The summed E-state index contributed by atoms with van der Waals surface area (Å²) in [5.41, 5.74) is -0.0867. The lowest BCUT2D eigenvalue weighted by Gasteiger charge is -2.10. The summed E-state index contributed by atoms with van der Waals surface area (Å²) in [4.78, 5) is 10.9. The molecule has 3 nitrogen and oxygen atoms in total. The molecule has 1 aromatic rings. The predicted molar refractivity (Wildman–Crippen MR) is 61.9 cm³/mol. The summed E-state index contributed by atoms with van der Waals surface area (Å²) in [6, 6.07) is 4.30. The minimum absolute atomic E-state index is 0.0628. The van der Waals surface area contributed by atoms with Gasteiger partial charge in [0.15, 0.2) is 0 Å². The fourth-order valence-corrected chi connectivity index (χ4v) is 1.61. The van der Waals surface area contributed by atoms with Crippen LogP contribution < -0.4 is 4.74 Å². The number of halogens is 4. The van der Waals surface area contributed by atoms with E-state index in [0.717, 1.165) is 0 Å². The summed E-state index contributed by atoms with van der Waals surface area (Å²) in [5.74, 6) is -1.13. The maximum absolute atomic E-state index is 11.9. The van der Waals surface area contributed by atoms with Crippen molar-refractivity contribution in [1.82, 2.24) is 0 Å². The number of alkyl halides is 3. The standard InChI is InChI=1S/C11H10BrF3O3/c12-7-2-3-9(8(6-7)10(16)17)18-5-1-4-11(13,14)15/h2-3,6H,1,4-5H2,(H,16,17). The first-order chi connectivity index (χ1) is 8.29. The van der Waals surface area contributed by atoms with E-state index in [9.17, 15) is 18.0 Å². The Labute approximate surface area is 110 Å². The first kappa shape index (κ1) is 14.8. The topological polar surface area (TPSA) is 46.5 Å². The van der Waals surface area contributed by atoms with Crippen molar-refractivity contribution in [1.29, 1.82) is 0 Å². The normalized spacial score (nSPS) is 11.3. The molecule has 0 amide bonds. The fraction of sp³-hybridized carbons (Fsp3) is 0.364. The highest BCUT2D eigenvalue weighted by atomic mass is 79.9. The van der Waals surface area contributed by atoms with Gasteiger partial charge in [-0.05, 0) is 24.6 Å². The SMILES string of the molecule is O=C(O)c1cc(Br)ccc1OCCCC(F)(F)F. The van der Waals surface area contributed by atoms with Crippen molar-refractivity contribution < 1.29 is 27.8 Å². The Balaban J connectivity index is 2.59. The molecule has 0 atom stereocenters. The Bertz CT molecular complexity index is 432. The maximum Gasteiger partial charge on any atom is 0.389 e. The van der Waals surface area contributed by atoms with E-state index in [2.05, 4.69) is 15.9 Å². The number of carboxylic acid groups (broad SMARTS) is 1. The Kier molecular flexibility index (Phi) is 5.01. The minimum atomic E-state index is -4.22. The van der Waals surface area contributed by atoms with E-state index in [1.54, 1.807) is 6.07 Å². The summed E-state index contributed by atoms with van der Waals surface area (Å²) in [6.07, 6.45) is -5.39. The van der Waals surface area contributed by atoms with Crippen LogP contribution in [0.4, 0.5) is 13.2 Å². The Morgan fingerprint density at radius 2 is 2.06 bits per heavy atom. The van der Waals surface area contributed by atoms with E-state index in [1.807, 2.05) is 0 Å². The van der Waals surface area contributed by atoms with Gasteiger partial charge in [-0.25, -0.2) is 4.79 Å². The molecule has 1 rings (SSSR count). The molecular formula is C11H10BrF3O3. The van der Waals surface area contributed by atoms with Crippen LogP contribution in [0.2, 0.25) is 0 Å². The largest absolute Gasteiger partial charge is 0.493 e. The van der Waals surface area contributed by atoms with Crippen LogP contribution >= 0.6 is 15.9 Å². The van der Waals surface area contributed by atoms with Crippen LogP contribution in [0.5, 0.6) is 5.75 Å². The Morgan fingerprint density at radius 1 is 1.39 bits per heavy atom. The number of hydrogen-bond donors (Lipinski definition) is 1. The van der Waals surface area contributed by atoms with Crippen LogP contribution in [-0.2, 0) is 0 Å². The van der Waals surface area contributed by atoms with Crippen LogP contribution in [0.15, 0.2) is 22.7 Å².